The van der Waals surface area contributed by atoms with Gasteiger partial charge in [0.2, 0.25) is 0 Å². The summed E-state index contributed by atoms with van der Waals surface area (Å²) < 4.78 is 1.20. The van der Waals surface area contributed by atoms with Crippen molar-refractivity contribution in [2.24, 2.45) is 0 Å². The van der Waals surface area contributed by atoms with Gasteiger partial charge in [-0.3, -0.25) is 4.79 Å². The molecule has 2 nitrogen and oxygen atoms in total. The van der Waals surface area contributed by atoms with E-state index in [4.69, 9.17) is 0 Å². The minimum atomic E-state index is 0.210. The molecule has 0 radical (unpaired) electrons. The van der Waals surface area contributed by atoms with Crippen LogP contribution in [0.4, 0.5) is 0 Å². The van der Waals surface area contributed by atoms with Crippen LogP contribution >= 0.6 is 11.3 Å². The van der Waals surface area contributed by atoms with Gasteiger partial charge in [-0.1, -0.05) is 18.2 Å². The molecule has 3 heteroatoms. The van der Waals surface area contributed by atoms with E-state index < -0.39 is 0 Å². The molecule has 88 valence electrons. The highest BCUT2D eigenvalue weighted by molar-refractivity contribution is 7.17. The van der Waals surface area contributed by atoms with Gasteiger partial charge in [0.25, 0.3) is 5.91 Å². The lowest BCUT2D eigenvalue weighted by atomic mass is 10.1. The lowest BCUT2D eigenvalue weighted by Gasteiger charge is -2.26. The lowest BCUT2D eigenvalue weighted by Crippen LogP contribution is -2.35. The number of piperidine rings is 1. The first-order valence-corrected chi connectivity index (χ1v) is 7.00. The summed E-state index contributed by atoms with van der Waals surface area (Å²) in [4.78, 5) is 14.4. The zero-order valence-corrected chi connectivity index (χ0v) is 10.5. The maximum absolute atomic E-state index is 12.4. The molecule has 0 aliphatic carbocycles. The molecule has 0 unspecified atom stereocenters. The zero-order valence-electron chi connectivity index (χ0n) is 9.69. The van der Waals surface area contributed by atoms with Gasteiger partial charge < -0.3 is 4.90 Å². The molecule has 1 aromatic heterocycles. The van der Waals surface area contributed by atoms with Crippen LogP contribution in [0, 0.1) is 0 Å². The van der Waals surface area contributed by atoms with Gasteiger partial charge in [-0.05, 0) is 25.3 Å². The summed E-state index contributed by atoms with van der Waals surface area (Å²) in [6, 6.07) is 8.14. The molecule has 0 spiro atoms. The molecule has 1 aliphatic heterocycles. The van der Waals surface area contributed by atoms with Gasteiger partial charge >= 0.3 is 0 Å². The number of fused-ring (bicyclic) bond motifs is 1. The fraction of sp³-hybridized carbons (Fsp3) is 0.357. The molecular formula is C14H15NOS. The van der Waals surface area contributed by atoms with Crippen molar-refractivity contribution in [1.82, 2.24) is 4.90 Å². The molecule has 0 N–H and O–H groups in total. The van der Waals surface area contributed by atoms with Crippen LogP contribution in [0.25, 0.3) is 10.1 Å². The highest BCUT2D eigenvalue weighted by atomic mass is 32.1. The molecule has 3 rings (SSSR count). The van der Waals surface area contributed by atoms with Crippen LogP contribution < -0.4 is 0 Å². The van der Waals surface area contributed by atoms with Gasteiger partial charge in [-0.15, -0.1) is 11.3 Å². The second-order valence-electron chi connectivity index (χ2n) is 4.50. The number of benzene rings is 1. The Balaban J connectivity index is 1.95. The van der Waals surface area contributed by atoms with Crippen molar-refractivity contribution in [1.29, 1.82) is 0 Å². The van der Waals surface area contributed by atoms with Crippen molar-refractivity contribution in [2.75, 3.05) is 13.1 Å². The Hall–Kier alpha value is -1.35. The quantitative estimate of drug-likeness (QED) is 0.752. The predicted octanol–water partition coefficient (Wildman–Crippen LogP) is 3.53. The number of carbonyl (C=O) groups is 1. The molecule has 0 bridgehead atoms. The highest BCUT2D eigenvalue weighted by Crippen LogP contribution is 2.27. The van der Waals surface area contributed by atoms with Crippen LogP contribution in [0.3, 0.4) is 0 Å². The Morgan fingerprint density at radius 1 is 1.12 bits per heavy atom. The van der Waals surface area contributed by atoms with E-state index in [-0.39, 0.29) is 5.91 Å². The van der Waals surface area contributed by atoms with Crippen LogP contribution in [0.1, 0.15) is 29.6 Å². The first-order chi connectivity index (χ1) is 8.36. The molecule has 1 amide bonds. The molecule has 0 saturated carbocycles. The molecule has 1 fully saturated rings. The molecule has 1 aromatic carbocycles. The fourth-order valence-corrected chi connectivity index (χ4v) is 3.35. The summed E-state index contributed by atoms with van der Waals surface area (Å²) in [5, 5.41) is 3.11. The topological polar surface area (TPSA) is 20.3 Å². The maximum Gasteiger partial charge on any atom is 0.255 e. The fourth-order valence-electron chi connectivity index (χ4n) is 2.41. The number of likely N-dealkylation sites (tertiary alicyclic amines) is 1. The number of hydrogen-bond donors (Lipinski definition) is 0. The Morgan fingerprint density at radius 3 is 2.71 bits per heavy atom. The van der Waals surface area contributed by atoms with E-state index in [0.29, 0.717) is 0 Å². The highest BCUT2D eigenvalue weighted by Gasteiger charge is 2.20. The number of thiophene rings is 1. The molecule has 2 heterocycles. The van der Waals surface area contributed by atoms with Crippen LogP contribution in [0.2, 0.25) is 0 Å². The van der Waals surface area contributed by atoms with E-state index in [0.717, 1.165) is 36.9 Å². The van der Waals surface area contributed by atoms with Crippen molar-refractivity contribution in [3.8, 4) is 0 Å². The Bertz CT molecular complexity index is 540. The van der Waals surface area contributed by atoms with Gasteiger partial charge in [-0.25, -0.2) is 0 Å². The third-order valence-electron chi connectivity index (χ3n) is 3.35. The van der Waals surface area contributed by atoms with Crippen molar-refractivity contribution in [3.63, 3.8) is 0 Å². The van der Waals surface area contributed by atoms with Gasteiger partial charge in [-0.2, -0.15) is 0 Å². The molecule has 17 heavy (non-hydrogen) atoms. The van der Waals surface area contributed by atoms with Crippen LogP contribution in [-0.2, 0) is 0 Å². The van der Waals surface area contributed by atoms with Crippen molar-refractivity contribution in [3.05, 3.63) is 35.2 Å². The van der Waals surface area contributed by atoms with E-state index in [9.17, 15) is 4.79 Å². The van der Waals surface area contributed by atoms with E-state index in [1.165, 1.54) is 11.1 Å². The summed E-state index contributed by atoms with van der Waals surface area (Å²) in [7, 11) is 0. The molecule has 2 aromatic rings. The third-order valence-corrected chi connectivity index (χ3v) is 4.32. The number of rotatable bonds is 1. The zero-order chi connectivity index (χ0) is 11.7. The maximum atomic E-state index is 12.4. The first-order valence-electron chi connectivity index (χ1n) is 6.12. The summed E-state index contributed by atoms with van der Waals surface area (Å²) >= 11 is 1.66. The second-order valence-corrected chi connectivity index (χ2v) is 5.41. The molecule has 0 atom stereocenters. The summed E-state index contributed by atoms with van der Waals surface area (Å²) in [6.45, 7) is 1.84. The average Bonchev–Trinajstić information content (AvgIpc) is 2.83. The van der Waals surface area contributed by atoms with E-state index in [1.54, 1.807) is 11.3 Å². The minimum Gasteiger partial charge on any atom is -0.339 e. The van der Waals surface area contributed by atoms with Crippen molar-refractivity contribution < 1.29 is 4.79 Å². The number of amides is 1. The van der Waals surface area contributed by atoms with Crippen molar-refractivity contribution >= 4 is 27.3 Å². The smallest absolute Gasteiger partial charge is 0.255 e. The standard InChI is InChI=1S/C14H15NOS/c16-14(15-8-4-1-5-9-15)12-10-17-13-7-3-2-6-11(12)13/h2-3,6-7,10H,1,4-5,8-9H2. The van der Waals surface area contributed by atoms with E-state index >= 15 is 0 Å². The predicted molar refractivity (Wildman–Crippen MR) is 71.6 cm³/mol. The SMILES string of the molecule is O=C(c1csc2ccccc12)N1CCCCC1. The number of nitrogens with zero attached hydrogens (tertiary/aromatic N) is 1. The lowest BCUT2D eigenvalue weighted by molar-refractivity contribution is 0.0727. The molecular weight excluding hydrogens is 230 g/mol. The molecule has 1 saturated heterocycles. The van der Waals surface area contributed by atoms with Gasteiger partial charge in [0.15, 0.2) is 0 Å². The van der Waals surface area contributed by atoms with Gasteiger partial charge in [0.1, 0.15) is 0 Å². The van der Waals surface area contributed by atoms with Crippen molar-refractivity contribution in [2.45, 2.75) is 19.3 Å². The number of carbonyl (C=O) groups excluding carboxylic acids is 1. The van der Waals surface area contributed by atoms with Crippen LogP contribution in [-0.4, -0.2) is 23.9 Å². The first kappa shape index (κ1) is 10.8. The van der Waals surface area contributed by atoms with Gasteiger partial charge in [0.05, 0.1) is 5.56 Å². The Morgan fingerprint density at radius 2 is 1.88 bits per heavy atom. The van der Waals surface area contributed by atoms with E-state index in [2.05, 4.69) is 6.07 Å². The van der Waals surface area contributed by atoms with Crippen LogP contribution in [0.15, 0.2) is 29.6 Å². The van der Waals surface area contributed by atoms with Gasteiger partial charge in [0, 0.05) is 28.6 Å². The summed E-state index contributed by atoms with van der Waals surface area (Å²) in [6.07, 6.45) is 3.55. The number of hydrogen-bond acceptors (Lipinski definition) is 2. The summed E-state index contributed by atoms with van der Waals surface area (Å²) in [5.74, 6) is 0.210. The normalized spacial score (nSPS) is 16.4. The Kier molecular flexibility index (Phi) is 2.85. The minimum absolute atomic E-state index is 0.210. The third kappa shape index (κ3) is 1.95. The largest absolute Gasteiger partial charge is 0.339 e. The Labute approximate surface area is 105 Å². The molecule has 1 aliphatic rings. The average molecular weight is 245 g/mol. The second kappa shape index (κ2) is 4.49. The monoisotopic (exact) mass is 245 g/mol. The van der Waals surface area contributed by atoms with Crippen LogP contribution in [0.5, 0.6) is 0 Å². The summed E-state index contributed by atoms with van der Waals surface area (Å²) in [5.41, 5.74) is 0.882. The van der Waals surface area contributed by atoms with E-state index in [1.807, 2.05) is 28.5 Å².